The molecule has 3 N–H and O–H groups in total. The number of likely N-dealkylation sites (N-methyl/N-ethyl adjacent to an activating group) is 1. The molecule has 1 aliphatic heterocycles. The summed E-state index contributed by atoms with van der Waals surface area (Å²) in [6.07, 6.45) is 3.63. The predicted molar refractivity (Wildman–Crippen MR) is 79.1 cm³/mol. The van der Waals surface area contributed by atoms with Crippen molar-refractivity contribution in [2.75, 3.05) is 30.8 Å². The first-order valence-electron chi connectivity index (χ1n) is 7.28. The molecule has 1 unspecified atom stereocenters. The third-order valence-corrected chi connectivity index (χ3v) is 3.36. The molecule has 8 heteroatoms. The van der Waals surface area contributed by atoms with E-state index in [2.05, 4.69) is 20.3 Å². The SMILES string of the molecule is CCCOc1nc(N)nc(N2CCCCC2C(=O)NC)n1. The molecule has 116 valence electrons. The van der Waals surface area contributed by atoms with Crippen molar-refractivity contribution < 1.29 is 9.53 Å². The number of hydrogen-bond acceptors (Lipinski definition) is 7. The highest BCUT2D eigenvalue weighted by molar-refractivity contribution is 5.84. The molecule has 0 radical (unpaired) electrons. The zero-order valence-electron chi connectivity index (χ0n) is 12.5. The highest BCUT2D eigenvalue weighted by Gasteiger charge is 2.30. The fraction of sp³-hybridized carbons (Fsp3) is 0.692. The summed E-state index contributed by atoms with van der Waals surface area (Å²) in [5.41, 5.74) is 5.72. The molecule has 0 saturated carbocycles. The van der Waals surface area contributed by atoms with E-state index in [-0.39, 0.29) is 23.9 Å². The number of aromatic nitrogens is 3. The minimum atomic E-state index is -0.274. The normalized spacial score (nSPS) is 18.4. The van der Waals surface area contributed by atoms with Gasteiger partial charge in [-0.2, -0.15) is 15.0 Å². The Morgan fingerprint density at radius 2 is 2.24 bits per heavy atom. The number of ether oxygens (including phenoxy) is 1. The molecule has 1 saturated heterocycles. The molecule has 0 aromatic carbocycles. The van der Waals surface area contributed by atoms with Crippen molar-refractivity contribution in [2.45, 2.75) is 38.6 Å². The molecule has 2 rings (SSSR count). The first-order chi connectivity index (χ1) is 10.2. The van der Waals surface area contributed by atoms with E-state index in [0.29, 0.717) is 12.6 Å². The van der Waals surface area contributed by atoms with Gasteiger partial charge in [0.15, 0.2) is 0 Å². The summed E-state index contributed by atoms with van der Waals surface area (Å²) in [5.74, 6) is 0.471. The van der Waals surface area contributed by atoms with Crippen LogP contribution in [0.4, 0.5) is 11.9 Å². The second kappa shape index (κ2) is 7.05. The Labute approximate surface area is 124 Å². The average Bonchev–Trinajstić information content (AvgIpc) is 2.51. The fourth-order valence-corrected chi connectivity index (χ4v) is 2.36. The Balaban J connectivity index is 2.25. The number of nitrogen functional groups attached to an aromatic ring is 1. The van der Waals surface area contributed by atoms with Crippen LogP contribution in [0.2, 0.25) is 0 Å². The standard InChI is InChI=1S/C13H22N6O2/c1-3-8-21-13-17-11(14)16-12(18-13)19-7-5-4-6-9(19)10(20)15-2/h9H,3-8H2,1-2H3,(H,15,20)(H2,14,16,17,18). The van der Waals surface area contributed by atoms with Crippen LogP contribution in [0.3, 0.4) is 0 Å². The van der Waals surface area contributed by atoms with Crippen LogP contribution < -0.4 is 20.7 Å². The highest BCUT2D eigenvalue weighted by Crippen LogP contribution is 2.23. The number of piperidine rings is 1. The smallest absolute Gasteiger partial charge is 0.323 e. The number of nitrogens with two attached hydrogens (primary N) is 1. The number of amides is 1. The number of carbonyl (C=O) groups excluding carboxylic acids is 1. The molecule has 8 nitrogen and oxygen atoms in total. The summed E-state index contributed by atoms with van der Waals surface area (Å²) in [6, 6.07) is -0.0647. The molecular weight excluding hydrogens is 272 g/mol. The Morgan fingerprint density at radius 1 is 1.43 bits per heavy atom. The van der Waals surface area contributed by atoms with Crippen molar-refractivity contribution in [3.8, 4) is 6.01 Å². The molecule has 1 amide bonds. The lowest BCUT2D eigenvalue weighted by molar-refractivity contribution is -0.122. The van der Waals surface area contributed by atoms with Crippen LogP contribution in [-0.2, 0) is 4.79 Å². The number of hydrogen-bond donors (Lipinski definition) is 2. The van der Waals surface area contributed by atoms with Gasteiger partial charge in [-0.25, -0.2) is 0 Å². The van der Waals surface area contributed by atoms with Gasteiger partial charge in [-0.05, 0) is 25.7 Å². The van der Waals surface area contributed by atoms with Gasteiger partial charge in [0, 0.05) is 13.6 Å². The molecule has 1 atom stereocenters. The van der Waals surface area contributed by atoms with E-state index < -0.39 is 0 Å². The number of carbonyl (C=O) groups is 1. The second-order valence-corrected chi connectivity index (χ2v) is 4.94. The maximum Gasteiger partial charge on any atom is 0.323 e. The van der Waals surface area contributed by atoms with Gasteiger partial charge in [0.25, 0.3) is 0 Å². The van der Waals surface area contributed by atoms with Crippen LogP contribution in [0.5, 0.6) is 6.01 Å². The van der Waals surface area contributed by atoms with Crippen LogP contribution in [-0.4, -0.2) is 47.1 Å². The molecule has 1 aromatic rings. The van der Waals surface area contributed by atoms with Crippen LogP contribution in [0.25, 0.3) is 0 Å². The third-order valence-electron chi connectivity index (χ3n) is 3.36. The van der Waals surface area contributed by atoms with Crippen molar-refractivity contribution in [1.29, 1.82) is 0 Å². The lowest BCUT2D eigenvalue weighted by Gasteiger charge is -2.34. The molecule has 2 heterocycles. The minimum absolute atomic E-state index is 0.0373. The summed E-state index contributed by atoms with van der Waals surface area (Å²) in [4.78, 5) is 26.3. The highest BCUT2D eigenvalue weighted by atomic mass is 16.5. The van der Waals surface area contributed by atoms with Gasteiger partial charge in [-0.15, -0.1) is 0 Å². The molecule has 0 bridgehead atoms. The van der Waals surface area contributed by atoms with Crippen LogP contribution in [0.1, 0.15) is 32.6 Å². The Morgan fingerprint density at radius 3 is 2.95 bits per heavy atom. The van der Waals surface area contributed by atoms with E-state index in [4.69, 9.17) is 10.5 Å². The van der Waals surface area contributed by atoms with Crippen LogP contribution >= 0.6 is 0 Å². The van der Waals surface area contributed by atoms with Crippen LogP contribution in [0.15, 0.2) is 0 Å². The van der Waals surface area contributed by atoms with E-state index >= 15 is 0 Å². The number of nitrogens with zero attached hydrogens (tertiary/aromatic N) is 4. The Kier molecular flexibility index (Phi) is 5.13. The number of nitrogens with one attached hydrogen (secondary N) is 1. The summed E-state index contributed by atoms with van der Waals surface area (Å²) in [6.45, 7) is 3.23. The average molecular weight is 294 g/mol. The van der Waals surface area contributed by atoms with E-state index in [1.807, 2.05) is 11.8 Å². The zero-order valence-corrected chi connectivity index (χ0v) is 12.5. The molecule has 1 aromatic heterocycles. The molecule has 21 heavy (non-hydrogen) atoms. The maximum atomic E-state index is 12.0. The Hall–Kier alpha value is -2.12. The lowest BCUT2D eigenvalue weighted by atomic mass is 10.0. The summed E-state index contributed by atoms with van der Waals surface area (Å²) in [7, 11) is 1.63. The van der Waals surface area contributed by atoms with Gasteiger partial charge >= 0.3 is 6.01 Å². The molecule has 1 aliphatic rings. The summed E-state index contributed by atoms with van der Waals surface area (Å²) in [5, 5.41) is 2.68. The third kappa shape index (κ3) is 3.71. The van der Waals surface area contributed by atoms with Gasteiger partial charge in [0.2, 0.25) is 17.8 Å². The maximum absolute atomic E-state index is 12.0. The fourth-order valence-electron chi connectivity index (χ4n) is 2.36. The van der Waals surface area contributed by atoms with Gasteiger partial charge in [0.1, 0.15) is 6.04 Å². The monoisotopic (exact) mass is 294 g/mol. The van der Waals surface area contributed by atoms with Crippen LogP contribution in [0, 0.1) is 0 Å². The van der Waals surface area contributed by atoms with E-state index in [1.54, 1.807) is 7.05 Å². The molecule has 0 aliphatic carbocycles. The first-order valence-corrected chi connectivity index (χ1v) is 7.28. The van der Waals surface area contributed by atoms with E-state index in [0.717, 1.165) is 32.2 Å². The number of anilines is 2. The van der Waals surface area contributed by atoms with Crippen molar-refractivity contribution in [2.24, 2.45) is 0 Å². The first kappa shape index (κ1) is 15.3. The topological polar surface area (TPSA) is 106 Å². The molecule has 1 fully saturated rings. The van der Waals surface area contributed by atoms with Gasteiger partial charge in [-0.3, -0.25) is 4.79 Å². The van der Waals surface area contributed by atoms with Crippen molar-refractivity contribution in [3.63, 3.8) is 0 Å². The minimum Gasteiger partial charge on any atom is -0.463 e. The summed E-state index contributed by atoms with van der Waals surface area (Å²) < 4.78 is 5.42. The predicted octanol–water partition coefficient (Wildman–Crippen LogP) is 0.348. The van der Waals surface area contributed by atoms with Crippen molar-refractivity contribution in [1.82, 2.24) is 20.3 Å². The Bertz CT molecular complexity index is 496. The molecular formula is C13H22N6O2. The number of rotatable bonds is 5. The van der Waals surface area contributed by atoms with Gasteiger partial charge < -0.3 is 20.7 Å². The van der Waals surface area contributed by atoms with Crippen molar-refractivity contribution in [3.05, 3.63) is 0 Å². The van der Waals surface area contributed by atoms with E-state index in [9.17, 15) is 4.79 Å². The second-order valence-electron chi connectivity index (χ2n) is 4.94. The largest absolute Gasteiger partial charge is 0.463 e. The zero-order chi connectivity index (χ0) is 15.2. The lowest BCUT2D eigenvalue weighted by Crippen LogP contribution is -2.49. The molecule has 0 spiro atoms. The van der Waals surface area contributed by atoms with Gasteiger partial charge in [0.05, 0.1) is 6.61 Å². The van der Waals surface area contributed by atoms with Crippen molar-refractivity contribution >= 4 is 17.8 Å². The summed E-state index contributed by atoms with van der Waals surface area (Å²) >= 11 is 0. The van der Waals surface area contributed by atoms with E-state index in [1.165, 1.54) is 0 Å². The van der Waals surface area contributed by atoms with Gasteiger partial charge in [-0.1, -0.05) is 6.92 Å². The quantitative estimate of drug-likeness (QED) is 0.806.